The molecule has 7 heteroatoms. The van der Waals surface area contributed by atoms with Crippen LogP contribution in [0.1, 0.15) is 15.9 Å². The lowest BCUT2D eigenvalue weighted by Gasteiger charge is -2.08. The van der Waals surface area contributed by atoms with Crippen LogP contribution in [-0.2, 0) is 4.79 Å². The van der Waals surface area contributed by atoms with E-state index < -0.39 is 11.8 Å². The van der Waals surface area contributed by atoms with Gasteiger partial charge in [-0.25, -0.2) is 0 Å². The zero-order chi connectivity index (χ0) is 17.1. The fourth-order valence-electron chi connectivity index (χ4n) is 2.17. The molecule has 3 rings (SSSR count). The number of hydrogen-bond donors (Lipinski definition) is 2. The van der Waals surface area contributed by atoms with Gasteiger partial charge >= 0.3 is 0 Å². The number of amides is 2. The lowest BCUT2D eigenvalue weighted by molar-refractivity contribution is -0.114. The minimum absolute atomic E-state index is 0.00137. The molecule has 2 amide bonds. The van der Waals surface area contributed by atoms with Crippen LogP contribution in [0.15, 0.2) is 48.2 Å². The van der Waals surface area contributed by atoms with E-state index >= 15 is 0 Å². The fraction of sp³-hybridized carbons (Fsp3) is 0.0588. The van der Waals surface area contributed by atoms with Crippen LogP contribution >= 0.6 is 22.6 Å². The highest BCUT2D eigenvalue weighted by atomic mass is 127. The lowest BCUT2D eigenvalue weighted by Crippen LogP contribution is -2.31. The van der Waals surface area contributed by atoms with Crippen molar-refractivity contribution in [1.29, 1.82) is 0 Å². The molecular weight excluding hydrogens is 423 g/mol. The average molecular weight is 436 g/mol. The standard InChI is InChI=1S/C17H13IN2O4/c18-12-4-2-1-3-11(12)17(22)20-13(16(19)21)7-10-5-6-14-15(8-10)24-9-23-14/h1-8H,9H2,(H2,19,21)(H,20,22). The quantitative estimate of drug-likeness (QED) is 0.569. The summed E-state index contributed by atoms with van der Waals surface area (Å²) in [6.45, 7) is 0.161. The van der Waals surface area contributed by atoms with Gasteiger partial charge in [-0.2, -0.15) is 0 Å². The van der Waals surface area contributed by atoms with Gasteiger partial charge in [-0.1, -0.05) is 18.2 Å². The summed E-state index contributed by atoms with van der Waals surface area (Å²) < 4.78 is 11.3. The second-order valence-corrected chi connectivity index (χ2v) is 6.13. The number of ether oxygens (including phenoxy) is 2. The summed E-state index contributed by atoms with van der Waals surface area (Å²) in [6.07, 6.45) is 1.50. The van der Waals surface area contributed by atoms with E-state index in [9.17, 15) is 9.59 Å². The van der Waals surface area contributed by atoms with Crippen molar-refractivity contribution >= 4 is 40.5 Å². The summed E-state index contributed by atoms with van der Waals surface area (Å²) in [5, 5.41) is 2.56. The maximum Gasteiger partial charge on any atom is 0.265 e. The molecule has 0 unspecified atom stereocenters. The van der Waals surface area contributed by atoms with Crippen LogP contribution in [-0.4, -0.2) is 18.6 Å². The molecule has 0 aromatic heterocycles. The van der Waals surface area contributed by atoms with Gasteiger partial charge in [0.25, 0.3) is 11.8 Å². The molecular formula is C17H13IN2O4. The van der Waals surface area contributed by atoms with E-state index in [1.165, 1.54) is 6.08 Å². The highest BCUT2D eigenvalue weighted by molar-refractivity contribution is 14.1. The molecule has 0 atom stereocenters. The highest BCUT2D eigenvalue weighted by Gasteiger charge is 2.16. The third-order valence-corrected chi connectivity index (χ3v) is 4.28. The number of primary amides is 1. The summed E-state index contributed by atoms with van der Waals surface area (Å²) >= 11 is 2.06. The van der Waals surface area contributed by atoms with Crippen molar-refractivity contribution in [2.24, 2.45) is 5.73 Å². The van der Waals surface area contributed by atoms with Crippen LogP contribution in [0, 0.1) is 3.57 Å². The molecule has 0 spiro atoms. The van der Waals surface area contributed by atoms with Gasteiger partial charge in [0.1, 0.15) is 5.70 Å². The zero-order valence-corrected chi connectivity index (χ0v) is 14.6. The molecule has 122 valence electrons. The van der Waals surface area contributed by atoms with Crippen LogP contribution in [0.3, 0.4) is 0 Å². The van der Waals surface area contributed by atoms with Crippen molar-refractivity contribution in [1.82, 2.24) is 5.32 Å². The number of nitrogens with two attached hydrogens (primary N) is 1. The van der Waals surface area contributed by atoms with Crippen LogP contribution < -0.4 is 20.5 Å². The lowest BCUT2D eigenvalue weighted by atomic mass is 10.1. The Balaban J connectivity index is 1.86. The summed E-state index contributed by atoms with van der Waals surface area (Å²) in [7, 11) is 0. The second kappa shape index (κ2) is 6.91. The number of carbonyl (C=O) groups excluding carboxylic acids is 2. The molecule has 2 aromatic rings. The van der Waals surface area contributed by atoms with E-state index in [1.54, 1.807) is 36.4 Å². The highest BCUT2D eigenvalue weighted by Crippen LogP contribution is 2.33. The van der Waals surface area contributed by atoms with Gasteiger partial charge in [0.2, 0.25) is 6.79 Å². The summed E-state index contributed by atoms with van der Waals surface area (Å²) in [5.41, 5.74) is 6.51. The number of fused-ring (bicyclic) bond motifs is 1. The maximum absolute atomic E-state index is 12.3. The van der Waals surface area contributed by atoms with Crippen molar-refractivity contribution in [3.8, 4) is 11.5 Å². The minimum Gasteiger partial charge on any atom is -0.454 e. The summed E-state index contributed by atoms with van der Waals surface area (Å²) in [5.74, 6) is 0.0879. The first-order valence-electron chi connectivity index (χ1n) is 7.01. The smallest absolute Gasteiger partial charge is 0.265 e. The third-order valence-electron chi connectivity index (χ3n) is 3.34. The molecule has 6 nitrogen and oxygen atoms in total. The van der Waals surface area contributed by atoms with E-state index in [0.717, 1.165) is 3.57 Å². The molecule has 0 saturated heterocycles. The van der Waals surface area contributed by atoms with Gasteiger partial charge < -0.3 is 20.5 Å². The molecule has 0 aliphatic carbocycles. The Morgan fingerprint density at radius 2 is 1.88 bits per heavy atom. The minimum atomic E-state index is -0.730. The van der Waals surface area contributed by atoms with E-state index in [1.807, 2.05) is 6.07 Å². The summed E-state index contributed by atoms with van der Waals surface area (Å²) in [6, 6.07) is 12.3. The molecule has 0 saturated carbocycles. The Bertz CT molecular complexity index is 848. The van der Waals surface area contributed by atoms with Gasteiger partial charge in [-0.3, -0.25) is 9.59 Å². The molecule has 1 aliphatic rings. The van der Waals surface area contributed by atoms with Gasteiger partial charge in [-0.15, -0.1) is 0 Å². The molecule has 2 aromatic carbocycles. The number of carbonyl (C=O) groups is 2. The second-order valence-electron chi connectivity index (χ2n) is 4.97. The van der Waals surface area contributed by atoms with Crippen molar-refractivity contribution in [3.63, 3.8) is 0 Å². The van der Waals surface area contributed by atoms with E-state index in [-0.39, 0.29) is 12.5 Å². The molecule has 0 radical (unpaired) electrons. The number of halogens is 1. The Morgan fingerprint density at radius 3 is 2.62 bits per heavy atom. The predicted molar refractivity (Wildman–Crippen MR) is 96.4 cm³/mol. The zero-order valence-electron chi connectivity index (χ0n) is 12.4. The van der Waals surface area contributed by atoms with E-state index in [2.05, 4.69) is 27.9 Å². The van der Waals surface area contributed by atoms with Crippen LogP contribution in [0.25, 0.3) is 6.08 Å². The van der Waals surface area contributed by atoms with Crippen molar-refractivity contribution < 1.29 is 19.1 Å². The maximum atomic E-state index is 12.3. The Hall–Kier alpha value is -2.55. The topological polar surface area (TPSA) is 90.7 Å². The van der Waals surface area contributed by atoms with Gasteiger partial charge in [0, 0.05) is 3.57 Å². The van der Waals surface area contributed by atoms with E-state index in [0.29, 0.717) is 22.6 Å². The average Bonchev–Trinajstić information content (AvgIpc) is 3.02. The summed E-state index contributed by atoms with van der Waals surface area (Å²) in [4.78, 5) is 24.0. The molecule has 3 N–H and O–H groups in total. The number of benzene rings is 2. The van der Waals surface area contributed by atoms with Crippen molar-refractivity contribution in [3.05, 3.63) is 62.9 Å². The first kappa shape index (κ1) is 16.3. The molecule has 1 aliphatic heterocycles. The molecule has 24 heavy (non-hydrogen) atoms. The Labute approximate surface area is 151 Å². The van der Waals surface area contributed by atoms with Crippen LogP contribution in [0.2, 0.25) is 0 Å². The fourth-order valence-corrected chi connectivity index (χ4v) is 2.81. The normalized spacial score (nSPS) is 12.8. The van der Waals surface area contributed by atoms with E-state index in [4.69, 9.17) is 15.2 Å². The van der Waals surface area contributed by atoms with Gasteiger partial charge in [0.05, 0.1) is 5.56 Å². The molecule has 0 fully saturated rings. The number of hydrogen-bond acceptors (Lipinski definition) is 4. The monoisotopic (exact) mass is 436 g/mol. The molecule has 0 bridgehead atoms. The van der Waals surface area contributed by atoms with Crippen LogP contribution in [0.5, 0.6) is 11.5 Å². The number of rotatable bonds is 4. The first-order chi connectivity index (χ1) is 11.5. The largest absolute Gasteiger partial charge is 0.454 e. The van der Waals surface area contributed by atoms with Crippen molar-refractivity contribution in [2.75, 3.05) is 6.79 Å². The number of nitrogens with one attached hydrogen (secondary N) is 1. The van der Waals surface area contributed by atoms with Crippen LogP contribution in [0.4, 0.5) is 0 Å². The Morgan fingerprint density at radius 1 is 1.12 bits per heavy atom. The van der Waals surface area contributed by atoms with Gasteiger partial charge in [0.15, 0.2) is 11.5 Å². The van der Waals surface area contributed by atoms with Gasteiger partial charge in [-0.05, 0) is 58.5 Å². The third kappa shape index (κ3) is 3.51. The Kier molecular flexibility index (Phi) is 4.70. The molecule has 1 heterocycles. The van der Waals surface area contributed by atoms with Crippen molar-refractivity contribution in [2.45, 2.75) is 0 Å². The predicted octanol–water partition coefficient (Wildman–Crippen LogP) is 2.28. The SMILES string of the molecule is NC(=O)C(=Cc1ccc2c(c1)OCO2)NC(=O)c1ccccc1I. The first-order valence-corrected chi connectivity index (χ1v) is 8.09.